The molecule has 0 saturated carbocycles. The maximum absolute atomic E-state index is 13.1. The van der Waals surface area contributed by atoms with Crippen molar-refractivity contribution >= 4 is 15.9 Å². The fraction of sp³-hybridized carbons (Fsp3) is 0.286. The van der Waals surface area contributed by atoms with E-state index in [0.29, 0.717) is 11.3 Å². The van der Waals surface area contributed by atoms with Gasteiger partial charge >= 0.3 is 0 Å². The summed E-state index contributed by atoms with van der Waals surface area (Å²) in [4.78, 5) is 13.1. The standard InChI is InChI=1S/C21H23NO4S/c1-14(2)20-19(16-7-9-17(26-4)10-8-16)13-22(21(20)23)27(24,25)18-11-5-15(3)6-12-18/h5-12,19H,13H2,1-4H3. The van der Waals surface area contributed by atoms with E-state index in [1.807, 2.05) is 45.0 Å². The van der Waals surface area contributed by atoms with Crippen LogP contribution in [0.1, 0.15) is 30.9 Å². The van der Waals surface area contributed by atoms with Gasteiger partial charge in [-0.25, -0.2) is 12.7 Å². The van der Waals surface area contributed by atoms with E-state index in [0.717, 1.165) is 21.0 Å². The van der Waals surface area contributed by atoms with Crippen LogP contribution in [-0.2, 0) is 14.8 Å². The predicted molar refractivity (Wildman–Crippen MR) is 104 cm³/mol. The van der Waals surface area contributed by atoms with Crippen LogP contribution in [0.5, 0.6) is 5.75 Å². The van der Waals surface area contributed by atoms with E-state index in [1.165, 1.54) is 0 Å². The van der Waals surface area contributed by atoms with Crippen LogP contribution < -0.4 is 4.74 Å². The Balaban J connectivity index is 2.02. The topological polar surface area (TPSA) is 63.7 Å². The molecule has 0 bridgehead atoms. The molecular formula is C21H23NO4S. The molecule has 6 heteroatoms. The SMILES string of the molecule is COc1ccc(C2CN(S(=O)(=O)c3ccc(C)cc3)C(=O)C2=C(C)C)cc1. The molecule has 1 fully saturated rings. The zero-order valence-electron chi connectivity index (χ0n) is 15.9. The summed E-state index contributed by atoms with van der Waals surface area (Å²) < 4.78 is 32.3. The summed E-state index contributed by atoms with van der Waals surface area (Å²) in [5.41, 5.74) is 3.21. The monoisotopic (exact) mass is 385 g/mol. The van der Waals surface area contributed by atoms with Gasteiger partial charge in [0.2, 0.25) is 0 Å². The highest BCUT2D eigenvalue weighted by Crippen LogP contribution is 2.38. The Hall–Kier alpha value is -2.60. The summed E-state index contributed by atoms with van der Waals surface area (Å²) in [5.74, 6) is -0.0315. The Bertz CT molecular complexity index is 985. The maximum atomic E-state index is 13.1. The van der Waals surface area contributed by atoms with Gasteiger partial charge in [-0.3, -0.25) is 4.79 Å². The Morgan fingerprint density at radius 3 is 2.15 bits per heavy atom. The fourth-order valence-electron chi connectivity index (χ4n) is 3.34. The van der Waals surface area contributed by atoms with Crippen LogP contribution in [0.3, 0.4) is 0 Å². The lowest BCUT2D eigenvalue weighted by molar-refractivity contribution is -0.120. The van der Waals surface area contributed by atoms with E-state index in [1.54, 1.807) is 31.4 Å². The average Bonchev–Trinajstić information content (AvgIpc) is 3.00. The summed E-state index contributed by atoms with van der Waals surface area (Å²) in [5, 5.41) is 0. The molecule has 142 valence electrons. The Labute approximate surface area is 160 Å². The first kappa shape index (κ1) is 19.2. The number of allylic oxidation sites excluding steroid dienone is 1. The minimum absolute atomic E-state index is 0.0991. The molecule has 2 aromatic carbocycles. The van der Waals surface area contributed by atoms with Gasteiger partial charge in [-0.15, -0.1) is 0 Å². The molecule has 0 aromatic heterocycles. The van der Waals surface area contributed by atoms with Gasteiger partial charge in [-0.1, -0.05) is 35.4 Å². The highest BCUT2D eigenvalue weighted by atomic mass is 32.2. The predicted octanol–water partition coefficient (Wildman–Crippen LogP) is 3.65. The van der Waals surface area contributed by atoms with Crippen molar-refractivity contribution in [3.63, 3.8) is 0 Å². The van der Waals surface area contributed by atoms with Crippen LogP contribution in [0, 0.1) is 6.92 Å². The number of carbonyl (C=O) groups excluding carboxylic acids is 1. The summed E-state index contributed by atoms with van der Waals surface area (Å²) in [7, 11) is -2.31. The van der Waals surface area contributed by atoms with E-state index < -0.39 is 15.9 Å². The largest absolute Gasteiger partial charge is 0.497 e. The molecule has 1 heterocycles. The molecule has 1 unspecified atom stereocenters. The highest BCUT2D eigenvalue weighted by molar-refractivity contribution is 7.89. The Morgan fingerprint density at radius 1 is 1.04 bits per heavy atom. The number of sulfonamides is 1. The summed E-state index contributed by atoms with van der Waals surface area (Å²) in [6.07, 6.45) is 0. The van der Waals surface area contributed by atoms with Crippen molar-refractivity contribution in [2.75, 3.05) is 13.7 Å². The molecule has 0 spiro atoms. The van der Waals surface area contributed by atoms with Crippen molar-refractivity contribution in [1.29, 1.82) is 0 Å². The van der Waals surface area contributed by atoms with Gasteiger partial charge in [0.1, 0.15) is 5.75 Å². The minimum Gasteiger partial charge on any atom is -0.497 e. The zero-order valence-corrected chi connectivity index (χ0v) is 16.7. The summed E-state index contributed by atoms with van der Waals surface area (Å²) in [6.45, 7) is 5.66. The quantitative estimate of drug-likeness (QED) is 0.754. The number of aryl methyl sites for hydroxylation is 1. The smallest absolute Gasteiger partial charge is 0.266 e. The molecule has 0 N–H and O–H groups in total. The minimum atomic E-state index is -3.90. The third-order valence-electron chi connectivity index (χ3n) is 4.82. The molecule has 1 aliphatic rings. The van der Waals surface area contributed by atoms with Crippen LogP contribution in [0.4, 0.5) is 0 Å². The van der Waals surface area contributed by atoms with Gasteiger partial charge in [0, 0.05) is 18.0 Å². The van der Waals surface area contributed by atoms with E-state index in [4.69, 9.17) is 4.74 Å². The molecule has 1 aliphatic heterocycles. The van der Waals surface area contributed by atoms with E-state index >= 15 is 0 Å². The van der Waals surface area contributed by atoms with E-state index in [-0.39, 0.29) is 17.4 Å². The second-order valence-electron chi connectivity index (χ2n) is 6.89. The second kappa shape index (κ2) is 7.19. The van der Waals surface area contributed by atoms with Gasteiger partial charge in [0.25, 0.3) is 15.9 Å². The number of benzene rings is 2. The second-order valence-corrected chi connectivity index (χ2v) is 8.76. The fourth-order valence-corrected chi connectivity index (χ4v) is 4.74. The first-order valence-electron chi connectivity index (χ1n) is 8.70. The molecule has 27 heavy (non-hydrogen) atoms. The molecule has 1 atom stereocenters. The highest BCUT2D eigenvalue weighted by Gasteiger charge is 2.43. The number of carbonyl (C=O) groups is 1. The Morgan fingerprint density at radius 2 is 1.63 bits per heavy atom. The van der Waals surface area contributed by atoms with Crippen LogP contribution in [0.25, 0.3) is 0 Å². The number of ether oxygens (including phenoxy) is 1. The number of methoxy groups -OCH3 is 1. The van der Waals surface area contributed by atoms with Gasteiger partial charge < -0.3 is 4.74 Å². The van der Waals surface area contributed by atoms with Gasteiger partial charge in [-0.05, 0) is 50.6 Å². The van der Waals surface area contributed by atoms with Crippen molar-refractivity contribution in [3.8, 4) is 5.75 Å². The Kier molecular flexibility index (Phi) is 5.11. The molecule has 5 nitrogen and oxygen atoms in total. The summed E-state index contributed by atoms with van der Waals surface area (Å²) >= 11 is 0. The first-order valence-corrected chi connectivity index (χ1v) is 10.1. The van der Waals surface area contributed by atoms with Crippen molar-refractivity contribution in [2.24, 2.45) is 0 Å². The molecule has 1 amide bonds. The summed E-state index contributed by atoms with van der Waals surface area (Å²) in [6, 6.07) is 13.9. The zero-order chi connectivity index (χ0) is 19.8. The van der Waals surface area contributed by atoms with Crippen molar-refractivity contribution in [1.82, 2.24) is 4.31 Å². The third-order valence-corrected chi connectivity index (χ3v) is 6.58. The van der Waals surface area contributed by atoms with Crippen molar-refractivity contribution in [2.45, 2.75) is 31.6 Å². The number of amides is 1. The lowest BCUT2D eigenvalue weighted by atomic mass is 9.91. The van der Waals surface area contributed by atoms with Crippen molar-refractivity contribution < 1.29 is 17.9 Å². The molecular weight excluding hydrogens is 362 g/mol. The van der Waals surface area contributed by atoms with Gasteiger partial charge in [-0.2, -0.15) is 0 Å². The third kappa shape index (κ3) is 3.49. The lowest BCUT2D eigenvalue weighted by Crippen LogP contribution is -2.32. The molecule has 3 rings (SSSR count). The van der Waals surface area contributed by atoms with Gasteiger partial charge in [0.05, 0.1) is 12.0 Å². The maximum Gasteiger partial charge on any atom is 0.266 e. The number of hydrogen-bond donors (Lipinski definition) is 0. The first-order chi connectivity index (χ1) is 12.8. The molecule has 1 saturated heterocycles. The van der Waals surface area contributed by atoms with Crippen LogP contribution in [-0.4, -0.2) is 32.3 Å². The molecule has 0 aliphatic carbocycles. The number of nitrogens with zero attached hydrogens (tertiary/aromatic N) is 1. The van der Waals surface area contributed by atoms with E-state index in [9.17, 15) is 13.2 Å². The van der Waals surface area contributed by atoms with Crippen LogP contribution in [0.15, 0.2) is 64.6 Å². The van der Waals surface area contributed by atoms with Crippen LogP contribution >= 0.6 is 0 Å². The van der Waals surface area contributed by atoms with Crippen molar-refractivity contribution in [3.05, 3.63) is 70.8 Å². The van der Waals surface area contributed by atoms with Gasteiger partial charge in [0.15, 0.2) is 0 Å². The molecule has 0 radical (unpaired) electrons. The lowest BCUT2D eigenvalue weighted by Gasteiger charge is -2.17. The molecule has 2 aromatic rings. The van der Waals surface area contributed by atoms with E-state index in [2.05, 4.69) is 0 Å². The number of rotatable bonds is 4. The normalized spacial score (nSPS) is 17.3. The average molecular weight is 385 g/mol. The number of hydrogen-bond acceptors (Lipinski definition) is 4. The van der Waals surface area contributed by atoms with Crippen LogP contribution in [0.2, 0.25) is 0 Å².